The monoisotopic (exact) mass is 425 g/mol. The van der Waals surface area contributed by atoms with Gasteiger partial charge in [0.15, 0.2) is 0 Å². The van der Waals surface area contributed by atoms with Crippen LogP contribution in [-0.4, -0.2) is 52.2 Å². The van der Waals surface area contributed by atoms with Crippen molar-refractivity contribution in [3.63, 3.8) is 0 Å². The summed E-state index contributed by atoms with van der Waals surface area (Å²) in [6.45, 7) is 18.2. The van der Waals surface area contributed by atoms with Crippen molar-refractivity contribution in [3.05, 3.63) is 28.8 Å². The molecule has 1 rings (SSSR count). The smallest absolute Gasteiger partial charge is 0.249 e. The van der Waals surface area contributed by atoms with Gasteiger partial charge in [-0.15, -0.1) is 0 Å². The molecule has 0 aliphatic carbocycles. The molecule has 0 bridgehead atoms. The summed E-state index contributed by atoms with van der Waals surface area (Å²) in [5, 5.41) is 39.7. The van der Waals surface area contributed by atoms with Gasteiger partial charge in [0.2, 0.25) is 5.91 Å². The summed E-state index contributed by atoms with van der Waals surface area (Å²) in [6, 6.07) is 4.18. The van der Waals surface area contributed by atoms with E-state index in [9.17, 15) is 15.0 Å². The van der Waals surface area contributed by atoms with Gasteiger partial charge in [0, 0.05) is 18.6 Å². The summed E-state index contributed by atoms with van der Waals surface area (Å²) in [7, 11) is 0. The molecule has 0 fully saturated rings. The molecule has 1 amide bonds. The number of hydrogen-bond acceptors (Lipinski definition) is 5. The first kappa shape index (κ1) is 28.4. The van der Waals surface area contributed by atoms with Crippen LogP contribution in [-0.2, 0) is 15.6 Å². The summed E-state index contributed by atoms with van der Waals surface area (Å²) in [5.41, 5.74) is 2.41. The first-order valence-corrected chi connectivity index (χ1v) is 10.5. The maximum Gasteiger partial charge on any atom is 0.249 e. The lowest BCUT2D eigenvalue weighted by Gasteiger charge is -2.27. The van der Waals surface area contributed by atoms with Crippen LogP contribution in [0.25, 0.3) is 0 Å². The van der Waals surface area contributed by atoms with Crippen LogP contribution in [0.4, 0.5) is 0 Å². The summed E-state index contributed by atoms with van der Waals surface area (Å²) < 4.78 is 0. The van der Waals surface area contributed by atoms with Gasteiger partial charge in [-0.1, -0.05) is 73.1 Å². The van der Waals surface area contributed by atoms with E-state index in [2.05, 4.69) is 65.9 Å². The Balaban J connectivity index is 0.000000567. The van der Waals surface area contributed by atoms with Crippen molar-refractivity contribution >= 4 is 5.91 Å². The third kappa shape index (κ3) is 8.62. The van der Waals surface area contributed by atoms with Crippen molar-refractivity contribution in [3.8, 4) is 5.75 Å². The van der Waals surface area contributed by atoms with Crippen molar-refractivity contribution in [1.29, 1.82) is 0 Å². The second-order valence-electron chi connectivity index (χ2n) is 10.6. The van der Waals surface area contributed by atoms with Gasteiger partial charge in [-0.05, 0) is 35.3 Å². The van der Waals surface area contributed by atoms with Crippen molar-refractivity contribution in [2.24, 2.45) is 5.41 Å². The molecule has 1 aromatic carbocycles. The Labute approximate surface area is 182 Å². The number of carbonyl (C=O) groups excluding carboxylic acids is 1. The molecule has 0 aliphatic heterocycles. The fourth-order valence-electron chi connectivity index (χ4n) is 2.75. The van der Waals surface area contributed by atoms with Gasteiger partial charge in [0.05, 0.1) is 6.61 Å². The molecule has 0 saturated carbocycles. The van der Waals surface area contributed by atoms with Gasteiger partial charge >= 0.3 is 0 Å². The normalized spacial score (nSPS) is 13.3. The zero-order chi connectivity index (χ0) is 23.9. The molecule has 1 unspecified atom stereocenters. The second-order valence-corrected chi connectivity index (χ2v) is 10.6. The highest BCUT2D eigenvalue weighted by atomic mass is 16.3. The van der Waals surface area contributed by atoms with Crippen molar-refractivity contribution in [1.82, 2.24) is 5.32 Å². The number of nitrogens with one attached hydrogen (secondary N) is 1. The van der Waals surface area contributed by atoms with E-state index in [0.717, 1.165) is 11.1 Å². The molecule has 1 atom stereocenters. The zero-order valence-corrected chi connectivity index (χ0v) is 20.3. The van der Waals surface area contributed by atoms with Crippen molar-refractivity contribution in [2.75, 3.05) is 19.8 Å². The SMILES string of the molecule is CC(C)(CO)C(O)C(=O)NCCCO.Cc1cc(C(C)(C)C)c(O)c(C(C)(C)C)c1. The van der Waals surface area contributed by atoms with E-state index in [1.165, 1.54) is 5.56 Å². The van der Waals surface area contributed by atoms with Crippen molar-refractivity contribution in [2.45, 2.75) is 85.7 Å². The topological polar surface area (TPSA) is 110 Å². The number of phenolic OH excluding ortho intramolecular Hbond substituents is 1. The number of aliphatic hydroxyl groups excluding tert-OH is 3. The predicted octanol–water partition coefficient (Wildman–Crippen LogP) is 3.16. The Kier molecular flexibility index (Phi) is 10.5. The number of amides is 1. The quantitative estimate of drug-likeness (QED) is 0.450. The van der Waals surface area contributed by atoms with E-state index < -0.39 is 17.4 Å². The minimum atomic E-state index is -1.23. The van der Waals surface area contributed by atoms with Crippen LogP contribution in [0.1, 0.15) is 78.5 Å². The van der Waals surface area contributed by atoms with Crippen LogP contribution in [0.3, 0.4) is 0 Å². The van der Waals surface area contributed by atoms with Crippen LogP contribution in [0.5, 0.6) is 5.75 Å². The summed E-state index contributed by atoms with van der Waals surface area (Å²) in [4.78, 5) is 11.3. The Bertz CT molecular complexity index is 649. The molecular formula is C24H43NO5. The first-order valence-electron chi connectivity index (χ1n) is 10.5. The fourth-order valence-corrected chi connectivity index (χ4v) is 2.75. The molecule has 5 N–H and O–H groups in total. The molecule has 0 aliphatic rings. The summed E-state index contributed by atoms with van der Waals surface area (Å²) in [5.74, 6) is -0.0527. The third-order valence-electron chi connectivity index (χ3n) is 4.90. The maximum atomic E-state index is 11.3. The van der Waals surface area contributed by atoms with E-state index in [4.69, 9.17) is 10.2 Å². The highest BCUT2D eigenvalue weighted by Gasteiger charge is 2.32. The van der Waals surface area contributed by atoms with E-state index in [1.54, 1.807) is 13.8 Å². The van der Waals surface area contributed by atoms with Gasteiger partial charge in [0.1, 0.15) is 11.9 Å². The number of aromatic hydroxyl groups is 1. The number of hydrogen-bond donors (Lipinski definition) is 5. The van der Waals surface area contributed by atoms with Gasteiger partial charge in [-0.3, -0.25) is 4.79 Å². The van der Waals surface area contributed by atoms with E-state index in [0.29, 0.717) is 18.7 Å². The molecule has 6 heteroatoms. The molecule has 0 spiro atoms. The average Bonchev–Trinajstić information content (AvgIpc) is 2.61. The number of phenols is 1. The van der Waals surface area contributed by atoms with Crippen LogP contribution in [0, 0.1) is 12.3 Å². The lowest BCUT2D eigenvalue weighted by Crippen LogP contribution is -2.45. The highest BCUT2D eigenvalue weighted by molar-refractivity contribution is 5.81. The number of aliphatic hydroxyl groups is 3. The Morgan fingerprint density at radius 3 is 1.73 bits per heavy atom. The minimum absolute atomic E-state index is 0.000230. The Morgan fingerprint density at radius 1 is 0.967 bits per heavy atom. The third-order valence-corrected chi connectivity index (χ3v) is 4.90. The molecule has 0 radical (unpaired) electrons. The molecule has 174 valence electrons. The first-order chi connectivity index (χ1) is 13.5. The lowest BCUT2D eigenvalue weighted by atomic mass is 9.78. The lowest BCUT2D eigenvalue weighted by molar-refractivity contribution is -0.137. The second kappa shape index (κ2) is 11.1. The van der Waals surface area contributed by atoms with Gasteiger partial charge in [-0.2, -0.15) is 0 Å². The van der Waals surface area contributed by atoms with Crippen LogP contribution in [0.2, 0.25) is 0 Å². The number of benzene rings is 1. The molecule has 0 saturated heterocycles. The van der Waals surface area contributed by atoms with Crippen LogP contribution >= 0.6 is 0 Å². The van der Waals surface area contributed by atoms with Gasteiger partial charge in [-0.25, -0.2) is 0 Å². The highest BCUT2D eigenvalue weighted by Crippen LogP contribution is 2.39. The molecule has 1 aromatic rings. The van der Waals surface area contributed by atoms with Gasteiger partial charge in [0.25, 0.3) is 0 Å². The minimum Gasteiger partial charge on any atom is -0.507 e. The summed E-state index contributed by atoms with van der Waals surface area (Å²) >= 11 is 0. The number of carbonyl (C=O) groups is 1. The fraction of sp³-hybridized carbons (Fsp3) is 0.708. The molecule has 30 heavy (non-hydrogen) atoms. The number of rotatable bonds is 6. The van der Waals surface area contributed by atoms with Crippen LogP contribution < -0.4 is 5.32 Å². The largest absolute Gasteiger partial charge is 0.507 e. The van der Waals surface area contributed by atoms with E-state index in [-0.39, 0.29) is 24.0 Å². The maximum absolute atomic E-state index is 11.3. The van der Waals surface area contributed by atoms with Gasteiger partial charge < -0.3 is 25.7 Å². The standard InChI is InChI=1S/C15H24O.C9H19NO4/c1-10-8-11(14(2,3)4)13(16)12(9-10)15(5,6)7;1-9(2,6-12)7(13)8(14)10-4-3-5-11/h8-9,16H,1-7H3;7,11-13H,3-6H2,1-2H3,(H,10,14). The van der Waals surface area contributed by atoms with Crippen molar-refractivity contribution < 1.29 is 25.2 Å². The Morgan fingerprint density at radius 2 is 1.40 bits per heavy atom. The molecule has 6 nitrogen and oxygen atoms in total. The molecule has 0 aromatic heterocycles. The zero-order valence-electron chi connectivity index (χ0n) is 20.3. The van der Waals surface area contributed by atoms with E-state index >= 15 is 0 Å². The predicted molar refractivity (Wildman–Crippen MR) is 122 cm³/mol. The van der Waals surface area contributed by atoms with E-state index in [1.807, 2.05) is 0 Å². The molecular weight excluding hydrogens is 382 g/mol. The number of aryl methyl sites for hydroxylation is 1. The summed E-state index contributed by atoms with van der Waals surface area (Å²) in [6.07, 6.45) is -0.774. The Hall–Kier alpha value is -1.63. The molecule has 0 heterocycles. The van der Waals surface area contributed by atoms with Crippen LogP contribution in [0.15, 0.2) is 12.1 Å². The average molecular weight is 426 g/mol.